The lowest BCUT2D eigenvalue weighted by Crippen LogP contribution is -2.22. The normalized spacial score (nSPS) is 10.5. The van der Waals surface area contributed by atoms with E-state index in [0.717, 1.165) is 11.1 Å². The van der Waals surface area contributed by atoms with Gasteiger partial charge >= 0.3 is 0 Å². The first-order valence-corrected chi connectivity index (χ1v) is 7.67. The van der Waals surface area contributed by atoms with Gasteiger partial charge in [0.1, 0.15) is 0 Å². The zero-order valence-corrected chi connectivity index (χ0v) is 13.2. The summed E-state index contributed by atoms with van der Waals surface area (Å²) in [5, 5.41) is 7.72. The van der Waals surface area contributed by atoms with Crippen molar-refractivity contribution in [2.75, 3.05) is 0 Å². The molecule has 3 aromatic rings. The van der Waals surface area contributed by atoms with Crippen molar-refractivity contribution in [3.63, 3.8) is 0 Å². The Kier molecular flexibility index (Phi) is 4.74. The van der Waals surface area contributed by atoms with E-state index in [1.54, 1.807) is 6.20 Å². The van der Waals surface area contributed by atoms with Crippen LogP contribution in [0.4, 0.5) is 0 Å². The third kappa shape index (κ3) is 4.20. The Labute approximate surface area is 139 Å². The van der Waals surface area contributed by atoms with Crippen molar-refractivity contribution in [2.45, 2.75) is 13.1 Å². The predicted molar refractivity (Wildman–Crippen MR) is 90.4 cm³/mol. The second kappa shape index (κ2) is 7.11. The van der Waals surface area contributed by atoms with Crippen molar-refractivity contribution < 1.29 is 4.79 Å². The zero-order valence-electron chi connectivity index (χ0n) is 12.4. The average Bonchev–Trinajstić information content (AvgIpc) is 3.06. The highest BCUT2D eigenvalue weighted by atomic mass is 35.5. The summed E-state index contributed by atoms with van der Waals surface area (Å²) >= 11 is 5.93. The lowest BCUT2D eigenvalue weighted by Gasteiger charge is -2.07. The van der Waals surface area contributed by atoms with E-state index in [2.05, 4.69) is 10.4 Å². The van der Waals surface area contributed by atoms with Crippen molar-refractivity contribution in [2.24, 2.45) is 0 Å². The van der Waals surface area contributed by atoms with Crippen LogP contribution in [-0.2, 0) is 13.1 Å². The van der Waals surface area contributed by atoms with Gasteiger partial charge in [0.2, 0.25) is 0 Å². The van der Waals surface area contributed by atoms with Gasteiger partial charge in [-0.1, -0.05) is 35.9 Å². The fourth-order valence-electron chi connectivity index (χ4n) is 2.27. The Bertz CT molecular complexity index is 782. The SMILES string of the molecule is O=C(NCc1cccc(Cl)c1)c1ccc(Cn2cccn2)cc1. The lowest BCUT2D eigenvalue weighted by atomic mass is 10.1. The molecule has 0 aliphatic carbocycles. The molecule has 1 amide bonds. The fraction of sp³-hybridized carbons (Fsp3) is 0.111. The first-order chi connectivity index (χ1) is 11.2. The van der Waals surface area contributed by atoms with Crippen molar-refractivity contribution in [1.29, 1.82) is 0 Å². The van der Waals surface area contributed by atoms with Crippen LogP contribution in [0.3, 0.4) is 0 Å². The third-order valence-corrected chi connectivity index (χ3v) is 3.70. The van der Waals surface area contributed by atoms with Gasteiger partial charge in [-0.3, -0.25) is 9.48 Å². The molecule has 0 bridgehead atoms. The van der Waals surface area contributed by atoms with Gasteiger partial charge in [0.25, 0.3) is 5.91 Å². The largest absolute Gasteiger partial charge is 0.348 e. The van der Waals surface area contributed by atoms with Gasteiger partial charge in [-0.25, -0.2) is 0 Å². The predicted octanol–water partition coefficient (Wildman–Crippen LogP) is 3.51. The minimum Gasteiger partial charge on any atom is -0.348 e. The van der Waals surface area contributed by atoms with Crippen molar-refractivity contribution in [3.05, 3.63) is 88.7 Å². The smallest absolute Gasteiger partial charge is 0.251 e. The number of carbonyl (C=O) groups is 1. The minimum absolute atomic E-state index is 0.101. The number of benzene rings is 2. The molecule has 0 aliphatic rings. The Morgan fingerprint density at radius 1 is 1.09 bits per heavy atom. The fourth-order valence-corrected chi connectivity index (χ4v) is 2.49. The summed E-state index contributed by atoms with van der Waals surface area (Å²) in [6.45, 7) is 1.14. The number of carbonyl (C=O) groups excluding carboxylic acids is 1. The number of amides is 1. The molecule has 0 saturated heterocycles. The number of hydrogen-bond acceptors (Lipinski definition) is 2. The van der Waals surface area contributed by atoms with E-state index in [1.165, 1.54) is 0 Å². The van der Waals surface area contributed by atoms with E-state index in [4.69, 9.17) is 11.6 Å². The van der Waals surface area contributed by atoms with Crippen molar-refractivity contribution in [3.8, 4) is 0 Å². The highest BCUT2D eigenvalue weighted by molar-refractivity contribution is 6.30. The number of rotatable bonds is 5. The van der Waals surface area contributed by atoms with E-state index >= 15 is 0 Å². The third-order valence-electron chi connectivity index (χ3n) is 3.46. The molecule has 23 heavy (non-hydrogen) atoms. The summed E-state index contributed by atoms with van der Waals surface area (Å²) in [7, 11) is 0. The molecule has 2 aromatic carbocycles. The van der Waals surface area contributed by atoms with Gasteiger partial charge < -0.3 is 5.32 Å². The molecule has 4 nitrogen and oxygen atoms in total. The first kappa shape index (κ1) is 15.3. The molecule has 5 heteroatoms. The van der Waals surface area contributed by atoms with Crippen LogP contribution in [0.25, 0.3) is 0 Å². The summed E-state index contributed by atoms with van der Waals surface area (Å²) in [4.78, 5) is 12.2. The van der Waals surface area contributed by atoms with E-state index in [1.807, 2.05) is 65.5 Å². The van der Waals surface area contributed by atoms with Crippen LogP contribution in [-0.4, -0.2) is 15.7 Å². The van der Waals surface area contributed by atoms with Gasteiger partial charge in [-0.05, 0) is 41.5 Å². The maximum absolute atomic E-state index is 12.2. The van der Waals surface area contributed by atoms with Gasteiger partial charge in [-0.15, -0.1) is 0 Å². The van der Waals surface area contributed by atoms with Crippen LogP contribution in [0, 0.1) is 0 Å². The average molecular weight is 326 g/mol. The van der Waals surface area contributed by atoms with Gasteiger partial charge in [0, 0.05) is 29.5 Å². The number of aromatic nitrogens is 2. The van der Waals surface area contributed by atoms with Crippen LogP contribution in [0.5, 0.6) is 0 Å². The molecule has 0 atom stereocenters. The van der Waals surface area contributed by atoms with Crippen LogP contribution in [0.2, 0.25) is 5.02 Å². The maximum Gasteiger partial charge on any atom is 0.251 e. The maximum atomic E-state index is 12.2. The molecule has 0 radical (unpaired) electrons. The van der Waals surface area contributed by atoms with Crippen molar-refractivity contribution in [1.82, 2.24) is 15.1 Å². The van der Waals surface area contributed by atoms with Gasteiger partial charge in [0.05, 0.1) is 6.54 Å². The topological polar surface area (TPSA) is 46.9 Å². The molecule has 3 rings (SSSR count). The van der Waals surface area contributed by atoms with E-state index in [-0.39, 0.29) is 5.91 Å². The van der Waals surface area contributed by atoms with Crippen LogP contribution < -0.4 is 5.32 Å². The molecule has 1 heterocycles. The molecular weight excluding hydrogens is 310 g/mol. The van der Waals surface area contributed by atoms with E-state index < -0.39 is 0 Å². The first-order valence-electron chi connectivity index (χ1n) is 7.30. The molecule has 0 unspecified atom stereocenters. The number of hydrogen-bond donors (Lipinski definition) is 1. The summed E-state index contributed by atoms with van der Waals surface area (Å²) in [6.07, 6.45) is 3.66. The molecule has 1 N–H and O–H groups in total. The molecule has 0 aliphatic heterocycles. The quantitative estimate of drug-likeness (QED) is 0.780. The molecular formula is C18H16ClN3O. The standard InChI is InChI=1S/C18H16ClN3O/c19-17-4-1-3-15(11-17)12-20-18(23)16-7-5-14(6-8-16)13-22-10-2-9-21-22/h1-11H,12-13H2,(H,20,23). The Morgan fingerprint density at radius 3 is 2.61 bits per heavy atom. The van der Waals surface area contributed by atoms with Crippen LogP contribution in [0.1, 0.15) is 21.5 Å². The van der Waals surface area contributed by atoms with E-state index in [0.29, 0.717) is 23.7 Å². The number of nitrogens with one attached hydrogen (secondary N) is 1. The lowest BCUT2D eigenvalue weighted by molar-refractivity contribution is 0.0951. The van der Waals surface area contributed by atoms with Gasteiger partial charge in [0.15, 0.2) is 0 Å². The van der Waals surface area contributed by atoms with E-state index in [9.17, 15) is 4.79 Å². The Hall–Kier alpha value is -2.59. The second-order valence-electron chi connectivity index (χ2n) is 5.21. The summed E-state index contributed by atoms with van der Waals surface area (Å²) in [6, 6.07) is 16.9. The number of halogens is 1. The van der Waals surface area contributed by atoms with Crippen LogP contribution >= 0.6 is 11.6 Å². The van der Waals surface area contributed by atoms with Crippen LogP contribution in [0.15, 0.2) is 67.0 Å². The molecule has 0 saturated carbocycles. The molecule has 0 fully saturated rings. The highest BCUT2D eigenvalue weighted by Gasteiger charge is 2.05. The summed E-state index contributed by atoms with van der Waals surface area (Å²) in [5.41, 5.74) is 2.71. The monoisotopic (exact) mass is 325 g/mol. The Morgan fingerprint density at radius 2 is 1.91 bits per heavy atom. The van der Waals surface area contributed by atoms with Gasteiger partial charge in [-0.2, -0.15) is 5.10 Å². The Balaban J connectivity index is 1.59. The molecule has 1 aromatic heterocycles. The summed E-state index contributed by atoms with van der Waals surface area (Å²) < 4.78 is 1.84. The zero-order chi connectivity index (χ0) is 16.1. The van der Waals surface area contributed by atoms with Crippen molar-refractivity contribution >= 4 is 17.5 Å². The second-order valence-corrected chi connectivity index (χ2v) is 5.65. The molecule has 116 valence electrons. The highest BCUT2D eigenvalue weighted by Crippen LogP contribution is 2.11. The number of nitrogens with zero attached hydrogens (tertiary/aromatic N) is 2. The minimum atomic E-state index is -0.101. The summed E-state index contributed by atoms with van der Waals surface area (Å²) in [5.74, 6) is -0.101. The molecule has 0 spiro atoms.